The van der Waals surface area contributed by atoms with E-state index in [1.54, 1.807) is 0 Å². The standard InChI is InChI=1S/C22H23N5O2/c1-13-18(19-25-20(29-26-19)17-4-2-8-23-17)15-5-9-27(12-14(15)11-24-13)21(28)16-10-22(16)6-3-7-22/h2,4,8,11,16,23H,3,5-7,9-10,12H2,1H3. The van der Waals surface area contributed by atoms with Crippen molar-refractivity contribution in [1.29, 1.82) is 0 Å². The molecule has 29 heavy (non-hydrogen) atoms. The van der Waals surface area contributed by atoms with E-state index in [4.69, 9.17) is 4.52 Å². The molecule has 7 nitrogen and oxygen atoms in total. The van der Waals surface area contributed by atoms with Gasteiger partial charge in [-0.3, -0.25) is 9.78 Å². The SMILES string of the molecule is Cc1ncc2c(c1-c1noc(-c3ccc[nH]3)n1)CCN(C(=O)C1CC13CCC3)C2. The summed E-state index contributed by atoms with van der Waals surface area (Å²) in [6, 6.07) is 3.80. The van der Waals surface area contributed by atoms with Gasteiger partial charge in [0.15, 0.2) is 0 Å². The van der Waals surface area contributed by atoms with Crippen molar-refractivity contribution >= 4 is 5.91 Å². The summed E-state index contributed by atoms with van der Waals surface area (Å²) >= 11 is 0. The second-order valence-corrected chi connectivity index (χ2v) is 8.71. The molecule has 7 heteroatoms. The van der Waals surface area contributed by atoms with Crippen LogP contribution in [0.2, 0.25) is 0 Å². The number of fused-ring (bicyclic) bond motifs is 1. The predicted octanol–water partition coefficient (Wildman–Crippen LogP) is 3.51. The van der Waals surface area contributed by atoms with Crippen LogP contribution in [0, 0.1) is 18.3 Å². The van der Waals surface area contributed by atoms with Crippen molar-refractivity contribution in [1.82, 2.24) is 25.0 Å². The normalized spacial score (nSPS) is 21.7. The topological polar surface area (TPSA) is 87.9 Å². The van der Waals surface area contributed by atoms with Gasteiger partial charge in [0.1, 0.15) is 5.69 Å². The zero-order valence-electron chi connectivity index (χ0n) is 16.4. The van der Waals surface area contributed by atoms with E-state index in [1.165, 1.54) is 24.8 Å². The highest BCUT2D eigenvalue weighted by Gasteiger charge is 2.61. The minimum Gasteiger partial charge on any atom is -0.357 e. The highest BCUT2D eigenvalue weighted by atomic mass is 16.5. The van der Waals surface area contributed by atoms with Crippen LogP contribution < -0.4 is 0 Å². The minimum atomic E-state index is 0.260. The Kier molecular flexibility index (Phi) is 3.52. The molecule has 1 aliphatic heterocycles. The van der Waals surface area contributed by atoms with E-state index in [-0.39, 0.29) is 5.92 Å². The van der Waals surface area contributed by atoms with Crippen molar-refractivity contribution in [2.45, 2.75) is 45.6 Å². The van der Waals surface area contributed by atoms with E-state index >= 15 is 0 Å². The number of rotatable bonds is 3. The number of nitrogens with zero attached hydrogens (tertiary/aromatic N) is 4. The number of hydrogen-bond acceptors (Lipinski definition) is 5. The maximum atomic E-state index is 13.0. The molecule has 0 radical (unpaired) electrons. The Bertz CT molecular complexity index is 1100. The molecule has 4 heterocycles. The van der Waals surface area contributed by atoms with Crippen LogP contribution in [0.25, 0.3) is 23.0 Å². The maximum Gasteiger partial charge on any atom is 0.274 e. The van der Waals surface area contributed by atoms with Gasteiger partial charge < -0.3 is 14.4 Å². The summed E-state index contributed by atoms with van der Waals surface area (Å²) in [5, 5.41) is 4.21. The van der Waals surface area contributed by atoms with Gasteiger partial charge in [-0.1, -0.05) is 11.6 Å². The van der Waals surface area contributed by atoms with Gasteiger partial charge in [0, 0.05) is 42.7 Å². The zero-order chi connectivity index (χ0) is 19.6. The van der Waals surface area contributed by atoms with Crippen LogP contribution in [-0.2, 0) is 17.8 Å². The molecule has 1 amide bonds. The Labute approximate surface area is 168 Å². The molecular weight excluding hydrogens is 366 g/mol. The number of pyridine rings is 1. The average molecular weight is 389 g/mol. The van der Waals surface area contributed by atoms with Gasteiger partial charge in [0.05, 0.1) is 0 Å². The lowest BCUT2D eigenvalue weighted by Crippen LogP contribution is -2.39. The van der Waals surface area contributed by atoms with Gasteiger partial charge in [-0.15, -0.1) is 0 Å². The summed E-state index contributed by atoms with van der Waals surface area (Å²) in [6.07, 6.45) is 9.39. The zero-order valence-corrected chi connectivity index (χ0v) is 16.4. The third-order valence-electron chi connectivity index (χ3n) is 7.08. The monoisotopic (exact) mass is 389 g/mol. The van der Waals surface area contributed by atoms with E-state index in [0.29, 0.717) is 29.6 Å². The van der Waals surface area contributed by atoms with Crippen LogP contribution in [0.3, 0.4) is 0 Å². The number of amides is 1. The first-order valence-electron chi connectivity index (χ1n) is 10.4. The third kappa shape index (κ3) is 2.56. The largest absolute Gasteiger partial charge is 0.357 e. The highest BCUT2D eigenvalue weighted by molar-refractivity contribution is 5.83. The summed E-state index contributed by atoms with van der Waals surface area (Å²) in [5.74, 6) is 1.63. The second-order valence-electron chi connectivity index (χ2n) is 8.71. The summed E-state index contributed by atoms with van der Waals surface area (Å²) in [6.45, 7) is 3.35. The molecule has 3 aliphatic rings. The summed E-state index contributed by atoms with van der Waals surface area (Å²) in [5.41, 5.74) is 5.28. The van der Waals surface area contributed by atoms with E-state index in [2.05, 4.69) is 20.1 Å². The average Bonchev–Trinajstić information content (AvgIpc) is 3.04. The molecule has 1 unspecified atom stereocenters. The number of hydrogen-bond donors (Lipinski definition) is 1. The van der Waals surface area contributed by atoms with Crippen molar-refractivity contribution < 1.29 is 9.32 Å². The minimum absolute atomic E-state index is 0.260. The van der Waals surface area contributed by atoms with Gasteiger partial charge in [-0.25, -0.2) is 0 Å². The first kappa shape index (κ1) is 16.9. The Hall–Kier alpha value is -2.96. The lowest BCUT2D eigenvalue weighted by atomic mass is 9.79. The maximum absolute atomic E-state index is 13.0. The van der Waals surface area contributed by atoms with Crippen LogP contribution >= 0.6 is 0 Å². The van der Waals surface area contributed by atoms with Gasteiger partial charge in [0.2, 0.25) is 11.7 Å². The number of carbonyl (C=O) groups excluding carboxylic acids is 1. The number of H-pyrrole nitrogens is 1. The van der Waals surface area contributed by atoms with Crippen LogP contribution in [0.1, 0.15) is 42.5 Å². The van der Waals surface area contributed by atoms with Crippen molar-refractivity contribution in [3.63, 3.8) is 0 Å². The molecule has 2 fully saturated rings. The fraction of sp³-hybridized carbons (Fsp3) is 0.455. The molecule has 6 rings (SSSR count). The van der Waals surface area contributed by atoms with Gasteiger partial charge in [-0.05, 0) is 61.3 Å². The highest BCUT2D eigenvalue weighted by Crippen LogP contribution is 2.66. The predicted molar refractivity (Wildman–Crippen MR) is 106 cm³/mol. The Morgan fingerprint density at radius 3 is 3.00 bits per heavy atom. The van der Waals surface area contributed by atoms with Crippen molar-refractivity contribution in [3.8, 4) is 23.0 Å². The molecule has 1 spiro atoms. The number of carbonyl (C=O) groups is 1. The summed E-state index contributed by atoms with van der Waals surface area (Å²) < 4.78 is 5.47. The van der Waals surface area contributed by atoms with Crippen molar-refractivity contribution in [2.75, 3.05) is 6.54 Å². The Morgan fingerprint density at radius 2 is 2.28 bits per heavy atom. The summed E-state index contributed by atoms with van der Waals surface area (Å²) in [7, 11) is 0. The van der Waals surface area contributed by atoms with Gasteiger partial charge in [0.25, 0.3) is 5.89 Å². The number of aromatic nitrogens is 4. The fourth-order valence-electron chi connectivity index (χ4n) is 5.13. The number of nitrogens with one attached hydrogen (secondary N) is 1. The molecule has 2 saturated carbocycles. The first-order chi connectivity index (χ1) is 14.1. The van der Waals surface area contributed by atoms with E-state index < -0.39 is 0 Å². The smallest absolute Gasteiger partial charge is 0.274 e. The summed E-state index contributed by atoms with van der Waals surface area (Å²) in [4.78, 5) is 27.3. The second kappa shape index (κ2) is 6.02. The molecule has 148 valence electrons. The lowest BCUT2D eigenvalue weighted by Gasteiger charge is -2.32. The van der Waals surface area contributed by atoms with Crippen LogP contribution in [0.4, 0.5) is 0 Å². The van der Waals surface area contributed by atoms with Crippen molar-refractivity contribution in [3.05, 3.63) is 41.3 Å². The van der Waals surface area contributed by atoms with E-state index in [0.717, 1.165) is 41.9 Å². The molecule has 3 aromatic rings. The molecule has 0 aromatic carbocycles. The van der Waals surface area contributed by atoms with Crippen LogP contribution in [0.15, 0.2) is 29.0 Å². The van der Waals surface area contributed by atoms with E-state index in [9.17, 15) is 4.79 Å². The number of aryl methyl sites for hydroxylation is 1. The first-order valence-corrected chi connectivity index (χ1v) is 10.4. The Morgan fingerprint density at radius 1 is 1.38 bits per heavy atom. The van der Waals surface area contributed by atoms with Gasteiger partial charge >= 0.3 is 0 Å². The van der Waals surface area contributed by atoms with Crippen LogP contribution in [-0.4, -0.2) is 37.5 Å². The molecule has 0 saturated heterocycles. The molecule has 2 aliphatic carbocycles. The van der Waals surface area contributed by atoms with Gasteiger partial charge in [-0.2, -0.15) is 4.98 Å². The quantitative estimate of drug-likeness (QED) is 0.741. The molecule has 3 aromatic heterocycles. The van der Waals surface area contributed by atoms with E-state index in [1.807, 2.05) is 36.4 Å². The molecule has 1 N–H and O–H groups in total. The molecule has 0 bridgehead atoms. The number of aromatic amines is 1. The Balaban J connectivity index is 1.29. The van der Waals surface area contributed by atoms with Crippen molar-refractivity contribution in [2.24, 2.45) is 11.3 Å². The fourth-order valence-corrected chi connectivity index (χ4v) is 5.13. The third-order valence-corrected chi connectivity index (χ3v) is 7.08. The van der Waals surface area contributed by atoms with Crippen LogP contribution in [0.5, 0.6) is 0 Å². The lowest BCUT2D eigenvalue weighted by molar-refractivity contribution is -0.134. The molecule has 1 atom stereocenters. The molecular formula is C22H23N5O2.